The summed E-state index contributed by atoms with van der Waals surface area (Å²) in [5, 5.41) is 8.34. The van der Waals surface area contributed by atoms with Crippen LogP contribution in [0.1, 0.15) is 26.7 Å². The normalized spacial score (nSPS) is 9.88. The summed E-state index contributed by atoms with van der Waals surface area (Å²) in [7, 11) is 0. The molecule has 0 atom stereocenters. The average Bonchev–Trinajstić information content (AvgIpc) is 1.69. The first kappa shape index (κ1) is 7.47. The standard InChI is InChI=1S/C6H11O2/c1-3-5(4-2)6(7)8/h3-4H2,1-2H3,(H,7,8). The van der Waals surface area contributed by atoms with E-state index >= 15 is 0 Å². The van der Waals surface area contributed by atoms with Gasteiger partial charge >= 0.3 is 5.97 Å². The van der Waals surface area contributed by atoms with Gasteiger partial charge in [-0.15, -0.1) is 0 Å². The van der Waals surface area contributed by atoms with Crippen molar-refractivity contribution in [1.82, 2.24) is 0 Å². The van der Waals surface area contributed by atoms with Crippen LogP contribution in [0, 0.1) is 5.92 Å². The molecule has 0 saturated heterocycles. The zero-order valence-corrected chi connectivity index (χ0v) is 5.27. The van der Waals surface area contributed by atoms with Crippen molar-refractivity contribution in [2.75, 3.05) is 0 Å². The van der Waals surface area contributed by atoms with Gasteiger partial charge in [0.15, 0.2) is 0 Å². The van der Waals surface area contributed by atoms with Crippen LogP contribution in [0.15, 0.2) is 0 Å². The number of carboxylic acids is 1. The maximum atomic E-state index is 10.1. The Bertz CT molecular complexity index is 74.6. The second-order valence-corrected chi connectivity index (χ2v) is 1.62. The van der Waals surface area contributed by atoms with Gasteiger partial charge in [-0.25, -0.2) is 0 Å². The van der Waals surface area contributed by atoms with Crippen LogP contribution in [0.4, 0.5) is 0 Å². The smallest absolute Gasteiger partial charge is 0.310 e. The Labute approximate surface area is 49.5 Å². The van der Waals surface area contributed by atoms with Crippen LogP contribution < -0.4 is 0 Å². The molecule has 0 aromatic rings. The molecule has 0 spiro atoms. The lowest BCUT2D eigenvalue weighted by atomic mass is 10.1. The van der Waals surface area contributed by atoms with E-state index < -0.39 is 5.97 Å². The molecule has 2 heteroatoms. The summed E-state index contributed by atoms with van der Waals surface area (Å²) in [6.07, 6.45) is 1.32. The van der Waals surface area contributed by atoms with Gasteiger partial charge in [0.25, 0.3) is 0 Å². The van der Waals surface area contributed by atoms with Crippen molar-refractivity contribution in [1.29, 1.82) is 0 Å². The number of hydrogen-bond acceptors (Lipinski definition) is 1. The second kappa shape index (κ2) is 3.47. The van der Waals surface area contributed by atoms with Gasteiger partial charge in [-0.3, -0.25) is 4.79 Å². The molecular formula is C6H11O2. The summed E-state index contributed by atoms with van der Waals surface area (Å²) >= 11 is 0. The van der Waals surface area contributed by atoms with Gasteiger partial charge in [0.05, 0.1) is 5.92 Å². The van der Waals surface area contributed by atoms with E-state index in [1.54, 1.807) is 0 Å². The number of aliphatic carboxylic acids is 1. The molecule has 0 aliphatic rings. The molecule has 0 amide bonds. The van der Waals surface area contributed by atoms with Crippen molar-refractivity contribution in [3.05, 3.63) is 5.92 Å². The molecule has 47 valence electrons. The molecule has 0 bridgehead atoms. The highest BCUT2D eigenvalue weighted by atomic mass is 16.4. The minimum atomic E-state index is -0.755. The highest BCUT2D eigenvalue weighted by Crippen LogP contribution is 2.08. The summed E-state index contributed by atoms with van der Waals surface area (Å²) in [5.74, 6) is -0.153. The Hall–Kier alpha value is -0.530. The van der Waals surface area contributed by atoms with Crippen LogP contribution in [0.3, 0.4) is 0 Å². The Kier molecular flexibility index (Phi) is 3.24. The molecule has 2 nitrogen and oxygen atoms in total. The molecule has 0 saturated carbocycles. The third kappa shape index (κ3) is 1.96. The molecule has 0 unspecified atom stereocenters. The average molecular weight is 115 g/mol. The Morgan fingerprint density at radius 1 is 1.38 bits per heavy atom. The van der Waals surface area contributed by atoms with Crippen LogP contribution in [-0.2, 0) is 4.79 Å². The number of carbonyl (C=O) groups is 1. The fraction of sp³-hybridized carbons (Fsp3) is 0.667. The Morgan fingerprint density at radius 3 is 1.75 bits per heavy atom. The predicted octanol–water partition coefficient (Wildman–Crippen LogP) is 1.47. The Balaban J connectivity index is 3.52. The van der Waals surface area contributed by atoms with Crippen molar-refractivity contribution < 1.29 is 9.90 Å². The van der Waals surface area contributed by atoms with Gasteiger partial charge in [-0.1, -0.05) is 13.8 Å². The minimum Gasteiger partial charge on any atom is -0.481 e. The lowest BCUT2D eigenvalue weighted by molar-refractivity contribution is -0.135. The summed E-state index contributed by atoms with van der Waals surface area (Å²) < 4.78 is 0. The molecule has 0 aliphatic carbocycles. The van der Waals surface area contributed by atoms with E-state index in [4.69, 9.17) is 5.11 Å². The van der Waals surface area contributed by atoms with E-state index in [-0.39, 0.29) is 0 Å². The fourth-order valence-corrected chi connectivity index (χ4v) is 0.552. The molecule has 0 aromatic carbocycles. The zero-order valence-electron chi connectivity index (χ0n) is 5.27. The molecule has 0 aromatic heterocycles. The summed E-state index contributed by atoms with van der Waals surface area (Å²) in [6, 6.07) is 0. The van der Waals surface area contributed by atoms with Gasteiger partial charge in [0.2, 0.25) is 0 Å². The SMILES string of the molecule is CC[C](CC)C(=O)O. The zero-order chi connectivity index (χ0) is 6.57. The Morgan fingerprint density at radius 2 is 1.75 bits per heavy atom. The molecule has 0 rings (SSSR count). The van der Waals surface area contributed by atoms with E-state index in [2.05, 4.69) is 0 Å². The molecule has 1 N–H and O–H groups in total. The van der Waals surface area contributed by atoms with Crippen molar-refractivity contribution in [2.45, 2.75) is 26.7 Å². The van der Waals surface area contributed by atoms with Crippen molar-refractivity contribution in [3.63, 3.8) is 0 Å². The molecule has 0 heterocycles. The molecule has 0 aliphatic heterocycles. The van der Waals surface area contributed by atoms with Crippen LogP contribution in [0.2, 0.25) is 0 Å². The minimum absolute atomic E-state index is 0.602. The lowest BCUT2D eigenvalue weighted by Crippen LogP contribution is -2.07. The van der Waals surface area contributed by atoms with Crippen LogP contribution in [-0.4, -0.2) is 11.1 Å². The van der Waals surface area contributed by atoms with Crippen molar-refractivity contribution >= 4 is 5.97 Å². The monoisotopic (exact) mass is 115 g/mol. The van der Waals surface area contributed by atoms with Gasteiger partial charge < -0.3 is 5.11 Å². The van der Waals surface area contributed by atoms with E-state index in [0.29, 0.717) is 18.8 Å². The number of hydrogen-bond donors (Lipinski definition) is 1. The summed E-state index contributed by atoms with van der Waals surface area (Å²) in [5.41, 5.74) is 0. The van der Waals surface area contributed by atoms with Gasteiger partial charge in [0.1, 0.15) is 0 Å². The van der Waals surface area contributed by atoms with Crippen LogP contribution >= 0.6 is 0 Å². The first-order valence-electron chi connectivity index (χ1n) is 2.80. The van der Waals surface area contributed by atoms with Crippen LogP contribution in [0.25, 0.3) is 0 Å². The molecule has 0 fully saturated rings. The second-order valence-electron chi connectivity index (χ2n) is 1.62. The molecule has 8 heavy (non-hydrogen) atoms. The molecule has 1 radical (unpaired) electrons. The van der Waals surface area contributed by atoms with Crippen molar-refractivity contribution in [2.24, 2.45) is 0 Å². The van der Waals surface area contributed by atoms with E-state index in [9.17, 15) is 4.79 Å². The predicted molar refractivity (Wildman–Crippen MR) is 31.5 cm³/mol. The van der Waals surface area contributed by atoms with E-state index in [0.717, 1.165) is 0 Å². The maximum absolute atomic E-state index is 10.1. The van der Waals surface area contributed by atoms with E-state index in [1.165, 1.54) is 0 Å². The first-order valence-corrected chi connectivity index (χ1v) is 2.80. The quantitative estimate of drug-likeness (QED) is 0.604. The number of carboxylic acid groups (broad SMARTS) is 1. The van der Waals surface area contributed by atoms with Crippen molar-refractivity contribution in [3.8, 4) is 0 Å². The van der Waals surface area contributed by atoms with E-state index in [1.807, 2.05) is 13.8 Å². The van der Waals surface area contributed by atoms with Gasteiger partial charge in [-0.2, -0.15) is 0 Å². The summed E-state index contributed by atoms with van der Waals surface area (Å²) in [6.45, 7) is 3.71. The highest BCUT2D eigenvalue weighted by molar-refractivity contribution is 5.82. The third-order valence-electron chi connectivity index (χ3n) is 1.16. The summed E-state index contributed by atoms with van der Waals surface area (Å²) in [4.78, 5) is 10.1. The van der Waals surface area contributed by atoms with Gasteiger partial charge in [-0.05, 0) is 12.8 Å². The topological polar surface area (TPSA) is 37.3 Å². The van der Waals surface area contributed by atoms with Crippen LogP contribution in [0.5, 0.6) is 0 Å². The first-order chi connectivity index (χ1) is 3.72. The third-order valence-corrected chi connectivity index (χ3v) is 1.16. The highest BCUT2D eigenvalue weighted by Gasteiger charge is 2.11. The fourth-order valence-electron chi connectivity index (χ4n) is 0.552. The maximum Gasteiger partial charge on any atom is 0.310 e. The lowest BCUT2D eigenvalue weighted by Gasteiger charge is -2.01. The molecular weight excluding hydrogens is 104 g/mol. The largest absolute Gasteiger partial charge is 0.481 e. The number of rotatable bonds is 3. The van der Waals surface area contributed by atoms with Gasteiger partial charge in [0, 0.05) is 0 Å².